The van der Waals surface area contributed by atoms with Crippen LogP contribution in [0.5, 0.6) is 0 Å². The van der Waals surface area contributed by atoms with E-state index in [-0.39, 0.29) is 17.5 Å². The molecule has 3 saturated heterocycles. The quantitative estimate of drug-likeness (QED) is 0.0954. The Morgan fingerprint density at radius 3 is 1.86 bits per heavy atom. The standard InChI is InChI=1S/C30H31N3O3.C13H19N3O2.C6H14N2O/c34-27(20-29-28(24-5-2-1-3-6-24)13-12-26-21-31-22-33(26)29)19-23-8-10-25(11-9-23)30(35)7-4-14-32-15-17-36-18-16-32;14-12-3-1-11(2-4-12)13(17)15-5-6-16-7-9-18-10-8-16;7-1-2-8-3-5-9-6-4-8/h1-3,5-6,8-13,21-22H,4,7,14-20H2;1-4H,5-10,14H2,(H,15,17);1-7H2. The molecule has 0 atom stereocenters. The van der Waals surface area contributed by atoms with Gasteiger partial charge in [-0.05, 0) is 54.4 Å². The second-order valence-corrected chi connectivity index (χ2v) is 15.9. The van der Waals surface area contributed by atoms with Crippen molar-refractivity contribution in [3.8, 4) is 11.1 Å². The summed E-state index contributed by atoms with van der Waals surface area (Å²) in [6.07, 6.45) is 5.59. The van der Waals surface area contributed by atoms with Crippen molar-refractivity contribution in [2.45, 2.75) is 25.7 Å². The largest absolute Gasteiger partial charge is 0.399 e. The Balaban J connectivity index is 0.000000201. The highest BCUT2D eigenvalue weighted by Gasteiger charge is 2.16. The van der Waals surface area contributed by atoms with Gasteiger partial charge in [0.1, 0.15) is 5.78 Å². The van der Waals surface area contributed by atoms with Gasteiger partial charge in [0.05, 0.1) is 57.7 Å². The van der Waals surface area contributed by atoms with E-state index in [0.29, 0.717) is 42.6 Å². The van der Waals surface area contributed by atoms with Crippen molar-refractivity contribution in [1.82, 2.24) is 29.4 Å². The maximum absolute atomic E-state index is 13.1. The van der Waals surface area contributed by atoms with Crippen molar-refractivity contribution in [1.29, 1.82) is 0 Å². The number of amides is 1. The number of pyridine rings is 1. The highest BCUT2D eigenvalue weighted by Crippen LogP contribution is 2.26. The van der Waals surface area contributed by atoms with Crippen LogP contribution < -0.4 is 16.8 Å². The molecular weight excluding hydrogens is 797 g/mol. The first-order valence-corrected chi connectivity index (χ1v) is 22.2. The molecule has 2 aromatic heterocycles. The number of benzene rings is 3. The number of hydrogen-bond acceptors (Lipinski definition) is 12. The van der Waals surface area contributed by atoms with Crippen LogP contribution in [0.3, 0.4) is 0 Å². The molecule has 3 aromatic carbocycles. The summed E-state index contributed by atoms with van der Waals surface area (Å²) in [7, 11) is 0. The third kappa shape index (κ3) is 15.5. The number of nitrogens with zero attached hydrogens (tertiary/aromatic N) is 5. The molecule has 336 valence electrons. The fourth-order valence-corrected chi connectivity index (χ4v) is 7.72. The molecule has 1 amide bonds. The summed E-state index contributed by atoms with van der Waals surface area (Å²) in [5.74, 6) is 0.224. The summed E-state index contributed by atoms with van der Waals surface area (Å²) in [4.78, 5) is 48.8. The van der Waals surface area contributed by atoms with Gasteiger partial charge < -0.3 is 35.4 Å². The molecule has 14 heteroatoms. The van der Waals surface area contributed by atoms with E-state index in [1.165, 1.54) is 0 Å². The van der Waals surface area contributed by atoms with Gasteiger partial charge in [-0.2, -0.15) is 0 Å². The van der Waals surface area contributed by atoms with E-state index in [1.807, 2.05) is 52.9 Å². The van der Waals surface area contributed by atoms with Crippen molar-refractivity contribution in [3.63, 3.8) is 0 Å². The number of rotatable bonds is 16. The number of morpholine rings is 3. The van der Waals surface area contributed by atoms with E-state index < -0.39 is 0 Å². The van der Waals surface area contributed by atoms with Crippen molar-refractivity contribution in [2.75, 3.05) is 117 Å². The molecule has 63 heavy (non-hydrogen) atoms. The average Bonchev–Trinajstić information content (AvgIpc) is 3.81. The molecular formula is C49H64N8O6. The number of carbonyl (C=O) groups excluding carboxylic acids is 3. The van der Waals surface area contributed by atoms with Crippen molar-refractivity contribution >= 4 is 28.7 Å². The minimum atomic E-state index is -0.0525. The van der Waals surface area contributed by atoms with Gasteiger partial charge in [-0.15, -0.1) is 0 Å². The summed E-state index contributed by atoms with van der Waals surface area (Å²) in [6, 6.07) is 28.7. The third-order valence-corrected chi connectivity index (χ3v) is 11.3. The van der Waals surface area contributed by atoms with Crippen LogP contribution in [0.4, 0.5) is 5.69 Å². The van der Waals surface area contributed by atoms with E-state index in [4.69, 9.17) is 25.7 Å². The Morgan fingerprint density at radius 2 is 1.24 bits per heavy atom. The van der Waals surface area contributed by atoms with Crippen LogP contribution in [0, 0.1) is 0 Å². The van der Waals surface area contributed by atoms with Gasteiger partial charge in [-0.3, -0.25) is 29.1 Å². The van der Waals surface area contributed by atoms with E-state index in [0.717, 1.165) is 139 Å². The number of ketones is 2. The Hall–Kier alpha value is -5.32. The van der Waals surface area contributed by atoms with Gasteiger partial charge in [0.2, 0.25) is 0 Å². The number of aromatic nitrogens is 2. The molecule has 8 rings (SSSR count). The zero-order valence-electron chi connectivity index (χ0n) is 36.5. The van der Waals surface area contributed by atoms with Crippen LogP contribution in [0.1, 0.15) is 44.8 Å². The van der Waals surface area contributed by atoms with Crippen molar-refractivity contribution in [3.05, 3.63) is 126 Å². The zero-order valence-corrected chi connectivity index (χ0v) is 36.5. The lowest BCUT2D eigenvalue weighted by molar-refractivity contribution is -0.117. The summed E-state index contributed by atoms with van der Waals surface area (Å²) in [5, 5.41) is 2.90. The SMILES string of the molecule is NCCN1CCOCC1.Nc1ccc(C(=O)NCCN2CCOCC2)cc1.O=C(Cc1ccc(C(=O)CCCN2CCOCC2)cc1)Cc1c(-c2ccccc2)ccc2cncn12. The highest BCUT2D eigenvalue weighted by molar-refractivity contribution is 5.96. The number of imidazole rings is 1. The van der Waals surface area contributed by atoms with Crippen LogP contribution in [-0.4, -0.2) is 153 Å². The summed E-state index contributed by atoms with van der Waals surface area (Å²) < 4.78 is 17.8. The molecule has 14 nitrogen and oxygen atoms in total. The average molecular weight is 861 g/mol. The number of nitrogens with two attached hydrogens (primary N) is 2. The molecule has 3 fully saturated rings. The molecule has 5 N–H and O–H groups in total. The number of nitrogens with one attached hydrogen (secondary N) is 1. The Labute approximate surface area is 371 Å². The first-order valence-electron chi connectivity index (χ1n) is 22.2. The molecule has 0 unspecified atom stereocenters. The van der Waals surface area contributed by atoms with Gasteiger partial charge in [0.15, 0.2) is 5.78 Å². The Bertz CT molecular complexity index is 2130. The number of anilines is 1. The fourth-order valence-electron chi connectivity index (χ4n) is 7.72. The lowest BCUT2D eigenvalue weighted by Crippen LogP contribution is -2.41. The topological polar surface area (TPSA) is 170 Å². The van der Waals surface area contributed by atoms with E-state index in [2.05, 4.69) is 43.2 Å². The number of hydrogen-bond donors (Lipinski definition) is 3. The van der Waals surface area contributed by atoms with E-state index in [9.17, 15) is 14.4 Å². The van der Waals surface area contributed by atoms with E-state index in [1.54, 1.807) is 36.8 Å². The lowest BCUT2D eigenvalue weighted by Gasteiger charge is -2.26. The minimum absolute atomic E-state index is 0.0525. The van der Waals surface area contributed by atoms with E-state index >= 15 is 0 Å². The normalized spacial score (nSPS) is 16.0. The Morgan fingerprint density at radius 1 is 0.651 bits per heavy atom. The van der Waals surface area contributed by atoms with Gasteiger partial charge in [0, 0.05) is 113 Å². The van der Waals surface area contributed by atoms with Gasteiger partial charge in [-0.1, -0.05) is 60.7 Å². The van der Waals surface area contributed by atoms with Crippen LogP contribution in [0.15, 0.2) is 104 Å². The highest BCUT2D eigenvalue weighted by atomic mass is 16.5. The molecule has 5 aromatic rings. The van der Waals surface area contributed by atoms with Crippen molar-refractivity contribution < 1.29 is 28.6 Å². The predicted octanol–water partition coefficient (Wildman–Crippen LogP) is 4.26. The second kappa shape index (κ2) is 25.7. The van der Waals surface area contributed by atoms with Crippen LogP contribution in [0.25, 0.3) is 16.6 Å². The summed E-state index contributed by atoms with van der Waals surface area (Å²) >= 11 is 0. The smallest absolute Gasteiger partial charge is 0.251 e. The fraction of sp³-hybridized carbons (Fsp3) is 0.429. The molecule has 0 bridgehead atoms. The molecule has 0 saturated carbocycles. The molecule has 3 aliphatic rings. The maximum Gasteiger partial charge on any atom is 0.251 e. The van der Waals surface area contributed by atoms with Crippen LogP contribution >= 0.6 is 0 Å². The Kier molecular flexibility index (Phi) is 19.2. The first kappa shape index (κ1) is 47.2. The van der Waals surface area contributed by atoms with Gasteiger partial charge >= 0.3 is 0 Å². The lowest BCUT2D eigenvalue weighted by atomic mass is 9.97. The number of fused-ring (bicyclic) bond motifs is 1. The summed E-state index contributed by atoms with van der Waals surface area (Å²) in [6.45, 7) is 15.0. The third-order valence-electron chi connectivity index (χ3n) is 11.3. The number of carbonyl (C=O) groups is 3. The molecule has 0 spiro atoms. The van der Waals surface area contributed by atoms with Crippen LogP contribution in [-0.2, 0) is 31.8 Å². The first-order chi connectivity index (χ1) is 30.9. The van der Waals surface area contributed by atoms with Gasteiger partial charge in [0.25, 0.3) is 5.91 Å². The molecule has 3 aliphatic heterocycles. The monoisotopic (exact) mass is 860 g/mol. The summed E-state index contributed by atoms with van der Waals surface area (Å²) in [5.41, 5.74) is 17.9. The van der Waals surface area contributed by atoms with Crippen molar-refractivity contribution in [2.24, 2.45) is 5.73 Å². The number of ether oxygens (including phenoxy) is 3. The molecule has 0 aliphatic carbocycles. The molecule has 0 radical (unpaired) electrons. The predicted molar refractivity (Wildman–Crippen MR) is 247 cm³/mol. The molecule has 5 heterocycles. The van der Waals surface area contributed by atoms with Crippen LogP contribution in [0.2, 0.25) is 0 Å². The number of nitrogen functional groups attached to an aromatic ring is 1. The maximum atomic E-state index is 13.1. The zero-order chi connectivity index (χ0) is 44.1. The minimum Gasteiger partial charge on any atom is -0.399 e. The van der Waals surface area contributed by atoms with Gasteiger partial charge in [-0.25, -0.2) is 4.98 Å². The second-order valence-electron chi connectivity index (χ2n) is 15.9. The number of Topliss-reactive ketones (excluding diaryl/α,β-unsaturated/α-hetero) is 2.